The Bertz CT molecular complexity index is 913. The van der Waals surface area contributed by atoms with Gasteiger partial charge in [-0.25, -0.2) is 4.79 Å². The minimum atomic E-state index is -1.04. The smallest absolute Gasteiger partial charge is 0.376 e. The largest absolute Gasteiger partial charge is 0.454 e. The molecule has 2 atom stereocenters. The van der Waals surface area contributed by atoms with Gasteiger partial charge in [0.2, 0.25) is 0 Å². The molecule has 0 aliphatic heterocycles. The van der Waals surface area contributed by atoms with E-state index < -0.39 is 29.7 Å². The molecule has 1 unspecified atom stereocenters. The van der Waals surface area contributed by atoms with Crippen LogP contribution in [0.25, 0.3) is 10.8 Å². The number of benzene rings is 2. The Kier molecular flexibility index (Phi) is 9.98. The van der Waals surface area contributed by atoms with Gasteiger partial charge in [-0.15, -0.1) is 0 Å². The first kappa shape index (κ1) is 26.9. The molecule has 0 spiro atoms. The molecule has 0 aliphatic carbocycles. The van der Waals surface area contributed by atoms with Crippen molar-refractivity contribution in [1.82, 2.24) is 4.90 Å². The Balaban J connectivity index is 2.31. The maximum Gasteiger partial charge on any atom is 0.376 e. The summed E-state index contributed by atoms with van der Waals surface area (Å²) in [5, 5.41) is 2.25. The summed E-state index contributed by atoms with van der Waals surface area (Å²) in [5.41, 5.74) is 6.54. The first-order chi connectivity index (χ1) is 15.6. The summed E-state index contributed by atoms with van der Waals surface area (Å²) in [6.45, 7) is 12.6. The van der Waals surface area contributed by atoms with Crippen LogP contribution < -0.4 is 5.73 Å². The van der Waals surface area contributed by atoms with Gasteiger partial charge < -0.3 is 19.9 Å². The van der Waals surface area contributed by atoms with E-state index in [1.54, 1.807) is 20.8 Å². The lowest BCUT2D eigenvalue weighted by Gasteiger charge is -2.35. The van der Waals surface area contributed by atoms with Crippen molar-refractivity contribution in [1.29, 1.82) is 0 Å². The predicted octanol–water partition coefficient (Wildman–Crippen LogP) is 3.67. The quantitative estimate of drug-likeness (QED) is 0.295. The number of rotatable bonds is 12. The maximum atomic E-state index is 12.7. The van der Waals surface area contributed by atoms with Crippen molar-refractivity contribution in [3.05, 3.63) is 48.0 Å². The van der Waals surface area contributed by atoms with Crippen LogP contribution in [0.15, 0.2) is 42.5 Å². The summed E-state index contributed by atoms with van der Waals surface area (Å²) in [4.78, 5) is 27.0. The Hall–Kier alpha value is -2.32. The Morgan fingerprint density at radius 1 is 1.00 bits per heavy atom. The Labute approximate surface area is 197 Å². The number of nitrogens with two attached hydrogens (primary N) is 1. The maximum absolute atomic E-state index is 12.7. The average molecular weight is 459 g/mol. The number of fused-ring (bicyclic) bond motifs is 1. The Morgan fingerprint density at radius 3 is 2.21 bits per heavy atom. The zero-order chi connectivity index (χ0) is 24.6. The summed E-state index contributed by atoms with van der Waals surface area (Å²) < 4.78 is 16.9. The van der Waals surface area contributed by atoms with E-state index in [4.69, 9.17) is 19.9 Å². The van der Waals surface area contributed by atoms with E-state index in [1.165, 1.54) is 0 Å². The second-order valence-electron chi connectivity index (χ2n) is 9.06. The van der Waals surface area contributed by atoms with Crippen molar-refractivity contribution >= 4 is 22.5 Å². The van der Waals surface area contributed by atoms with Crippen molar-refractivity contribution in [3.8, 4) is 0 Å². The molecule has 33 heavy (non-hydrogen) atoms. The molecule has 0 heterocycles. The molecular weight excluding hydrogens is 420 g/mol. The molecule has 0 fully saturated rings. The zero-order valence-electron chi connectivity index (χ0n) is 20.7. The average Bonchev–Trinajstić information content (AvgIpc) is 2.76. The molecule has 2 aromatic carbocycles. The number of carbonyl (C=O) groups is 2. The lowest BCUT2D eigenvalue weighted by atomic mass is 10.0. The van der Waals surface area contributed by atoms with Crippen molar-refractivity contribution in [2.75, 3.05) is 19.8 Å². The molecule has 0 bridgehead atoms. The summed E-state index contributed by atoms with van der Waals surface area (Å²) in [5.74, 6) is -1.66. The van der Waals surface area contributed by atoms with Crippen LogP contribution in [0.3, 0.4) is 0 Å². The predicted molar refractivity (Wildman–Crippen MR) is 130 cm³/mol. The molecule has 7 nitrogen and oxygen atoms in total. The summed E-state index contributed by atoms with van der Waals surface area (Å²) >= 11 is 0. The van der Waals surface area contributed by atoms with Crippen molar-refractivity contribution in [3.63, 3.8) is 0 Å². The third kappa shape index (κ3) is 7.89. The van der Waals surface area contributed by atoms with Crippen LogP contribution in [0, 0.1) is 0 Å². The summed E-state index contributed by atoms with van der Waals surface area (Å²) in [7, 11) is 0. The molecule has 0 saturated heterocycles. The van der Waals surface area contributed by atoms with Gasteiger partial charge in [-0.1, -0.05) is 42.5 Å². The summed E-state index contributed by atoms with van der Waals surface area (Å²) in [6.07, 6.45) is -0.501. The lowest BCUT2D eigenvalue weighted by Crippen LogP contribution is -2.52. The van der Waals surface area contributed by atoms with E-state index in [9.17, 15) is 9.59 Å². The highest BCUT2D eigenvalue weighted by Gasteiger charge is 2.32. The number of ketones is 1. The van der Waals surface area contributed by atoms with E-state index >= 15 is 0 Å². The monoisotopic (exact) mass is 458 g/mol. The van der Waals surface area contributed by atoms with E-state index in [1.807, 2.05) is 43.9 Å². The number of carbonyl (C=O) groups excluding carboxylic acids is 2. The van der Waals surface area contributed by atoms with Crippen LogP contribution in [0.2, 0.25) is 0 Å². The van der Waals surface area contributed by atoms with Crippen LogP contribution in [0.5, 0.6) is 0 Å². The highest BCUT2D eigenvalue weighted by molar-refractivity contribution is 6.35. The van der Waals surface area contributed by atoms with Gasteiger partial charge in [0, 0.05) is 26.3 Å². The Morgan fingerprint density at radius 2 is 1.61 bits per heavy atom. The topological polar surface area (TPSA) is 91.1 Å². The molecule has 0 aromatic heterocycles. The van der Waals surface area contributed by atoms with E-state index in [-0.39, 0.29) is 12.6 Å². The minimum absolute atomic E-state index is 0.152. The van der Waals surface area contributed by atoms with E-state index in [0.29, 0.717) is 19.8 Å². The third-order valence-electron chi connectivity index (χ3n) is 5.25. The molecule has 0 saturated carbocycles. The van der Waals surface area contributed by atoms with E-state index in [0.717, 1.165) is 16.3 Å². The SMILES string of the molecule is CCOC(OCC)[C@H](C)N(Cc1cccc2ccccc12)CC(N)C(=O)C(=O)OC(C)(C)C. The first-order valence-electron chi connectivity index (χ1n) is 11.5. The number of hydrogen-bond acceptors (Lipinski definition) is 7. The van der Waals surface area contributed by atoms with Crippen LogP contribution in [-0.2, 0) is 30.3 Å². The number of ether oxygens (including phenoxy) is 3. The molecule has 0 amide bonds. The number of Topliss-reactive ketones (excluding diaryl/α,β-unsaturated/α-hetero) is 1. The van der Waals surface area contributed by atoms with Crippen molar-refractivity contribution < 1.29 is 23.8 Å². The van der Waals surface area contributed by atoms with Crippen LogP contribution >= 0.6 is 0 Å². The van der Waals surface area contributed by atoms with Crippen molar-refractivity contribution in [2.24, 2.45) is 5.73 Å². The second kappa shape index (κ2) is 12.2. The molecule has 0 radical (unpaired) electrons. The van der Waals surface area contributed by atoms with Gasteiger partial charge in [0.1, 0.15) is 5.60 Å². The van der Waals surface area contributed by atoms with Crippen LogP contribution in [0.1, 0.15) is 47.1 Å². The fourth-order valence-electron chi connectivity index (χ4n) is 3.67. The normalized spacial score (nSPS) is 14.0. The summed E-state index contributed by atoms with van der Waals surface area (Å²) in [6, 6.07) is 13.0. The second-order valence-corrected chi connectivity index (χ2v) is 9.06. The molecule has 2 rings (SSSR count). The number of esters is 1. The van der Waals surface area contributed by atoms with Crippen LogP contribution in [0.4, 0.5) is 0 Å². The molecule has 182 valence electrons. The van der Waals surface area contributed by atoms with E-state index in [2.05, 4.69) is 24.3 Å². The van der Waals surface area contributed by atoms with Gasteiger partial charge in [-0.2, -0.15) is 0 Å². The van der Waals surface area contributed by atoms with Gasteiger partial charge in [-0.05, 0) is 57.9 Å². The van der Waals surface area contributed by atoms with Gasteiger partial charge in [-0.3, -0.25) is 9.69 Å². The van der Waals surface area contributed by atoms with Crippen molar-refractivity contribution in [2.45, 2.75) is 72.1 Å². The number of hydrogen-bond donors (Lipinski definition) is 1. The fraction of sp³-hybridized carbons (Fsp3) is 0.538. The first-order valence-corrected chi connectivity index (χ1v) is 11.5. The van der Waals surface area contributed by atoms with Gasteiger partial charge in [0.05, 0.1) is 12.1 Å². The standard InChI is InChI=1S/C26H38N2O5/c1-7-31-25(32-8-2)18(3)28(17-22(27)23(29)24(30)33-26(4,5)6)16-20-14-11-13-19-12-9-10-15-21(19)20/h9-15,18,22,25H,7-8,16-17,27H2,1-6H3/t18-,22?/m0/s1. The highest BCUT2D eigenvalue weighted by atomic mass is 16.7. The number of nitrogens with zero attached hydrogens (tertiary/aromatic N) is 1. The molecule has 2 N–H and O–H groups in total. The fourth-order valence-corrected chi connectivity index (χ4v) is 3.67. The lowest BCUT2D eigenvalue weighted by molar-refractivity contribution is -0.173. The molecule has 2 aromatic rings. The van der Waals surface area contributed by atoms with Gasteiger partial charge >= 0.3 is 5.97 Å². The van der Waals surface area contributed by atoms with Gasteiger partial charge in [0.25, 0.3) is 5.78 Å². The zero-order valence-corrected chi connectivity index (χ0v) is 20.7. The third-order valence-corrected chi connectivity index (χ3v) is 5.25. The van der Waals surface area contributed by atoms with Gasteiger partial charge in [0.15, 0.2) is 6.29 Å². The van der Waals surface area contributed by atoms with Crippen LogP contribution in [-0.4, -0.2) is 60.4 Å². The minimum Gasteiger partial charge on any atom is -0.454 e. The highest BCUT2D eigenvalue weighted by Crippen LogP contribution is 2.22. The molecule has 0 aliphatic rings. The molecular formula is C26H38N2O5. The molecule has 7 heteroatoms.